The molecule has 0 aromatic heterocycles. The van der Waals surface area contributed by atoms with E-state index in [1.165, 1.54) is 12.1 Å². The number of nitrogens with one attached hydrogen (secondary N) is 2. The van der Waals surface area contributed by atoms with Gasteiger partial charge in [0.05, 0.1) is 11.4 Å². The van der Waals surface area contributed by atoms with E-state index >= 15 is 0 Å². The molecule has 0 unspecified atom stereocenters. The van der Waals surface area contributed by atoms with Crippen LogP contribution in [0.1, 0.15) is 5.56 Å². The number of hydrogen-bond acceptors (Lipinski definition) is 3. The van der Waals surface area contributed by atoms with Crippen molar-refractivity contribution in [1.82, 2.24) is 10.0 Å². The third kappa shape index (κ3) is 4.43. The summed E-state index contributed by atoms with van der Waals surface area (Å²) in [7, 11) is -3.58. The fourth-order valence-corrected chi connectivity index (χ4v) is 3.60. The molecule has 2 N–H and O–H groups in total. The number of urea groups is 1. The number of rotatable bonds is 4. The molecular weight excluding hydrogens is 418 g/mol. The molecule has 26 heavy (non-hydrogen) atoms. The number of sulfonamides is 1. The molecule has 2 aromatic rings. The van der Waals surface area contributed by atoms with Crippen LogP contribution in [0.25, 0.3) is 0 Å². The molecule has 3 rings (SSSR count). The fourth-order valence-electron chi connectivity index (χ4n) is 2.42. The molecule has 134 valence electrons. The SMILES string of the molecule is O=C1NCCN1c1ccc(C#CCNS(=O)(=O)c2ccc(Br)cc2)cc1. The number of anilines is 1. The van der Waals surface area contributed by atoms with E-state index in [0.717, 1.165) is 15.7 Å². The van der Waals surface area contributed by atoms with E-state index in [0.29, 0.717) is 13.1 Å². The second kappa shape index (κ2) is 7.91. The van der Waals surface area contributed by atoms with Gasteiger partial charge in [-0.25, -0.2) is 13.2 Å². The average molecular weight is 434 g/mol. The summed E-state index contributed by atoms with van der Waals surface area (Å²) in [6, 6.07) is 13.5. The minimum absolute atomic E-state index is 0.00861. The number of halogens is 1. The third-order valence-corrected chi connectivity index (χ3v) is 5.69. The molecule has 0 aliphatic carbocycles. The molecule has 2 aromatic carbocycles. The Kier molecular flexibility index (Phi) is 5.61. The van der Waals surface area contributed by atoms with Gasteiger partial charge in [0.15, 0.2) is 0 Å². The van der Waals surface area contributed by atoms with Gasteiger partial charge in [0.1, 0.15) is 0 Å². The minimum Gasteiger partial charge on any atom is -0.336 e. The second-order valence-corrected chi connectivity index (χ2v) is 8.19. The van der Waals surface area contributed by atoms with E-state index in [9.17, 15) is 13.2 Å². The summed E-state index contributed by atoms with van der Waals surface area (Å²) >= 11 is 3.27. The Morgan fingerprint density at radius 2 is 1.81 bits per heavy atom. The molecule has 0 saturated carbocycles. The molecule has 1 aliphatic heterocycles. The van der Waals surface area contributed by atoms with Crippen LogP contribution in [0.3, 0.4) is 0 Å². The summed E-state index contributed by atoms with van der Waals surface area (Å²) in [4.78, 5) is 13.5. The van der Waals surface area contributed by atoms with Crippen LogP contribution >= 0.6 is 15.9 Å². The predicted octanol–water partition coefficient (Wildman–Crippen LogP) is 2.31. The molecule has 1 heterocycles. The van der Waals surface area contributed by atoms with Crippen molar-refractivity contribution in [2.45, 2.75) is 4.90 Å². The van der Waals surface area contributed by atoms with Crippen LogP contribution < -0.4 is 14.9 Å². The molecule has 1 saturated heterocycles. The fraction of sp³-hybridized carbons (Fsp3) is 0.167. The van der Waals surface area contributed by atoms with Crippen molar-refractivity contribution in [3.8, 4) is 11.8 Å². The Morgan fingerprint density at radius 3 is 2.42 bits per heavy atom. The highest BCUT2D eigenvalue weighted by atomic mass is 79.9. The van der Waals surface area contributed by atoms with Crippen LogP contribution in [-0.2, 0) is 10.0 Å². The first-order valence-electron chi connectivity index (χ1n) is 7.85. The zero-order chi connectivity index (χ0) is 18.6. The maximum atomic E-state index is 12.1. The zero-order valence-corrected chi connectivity index (χ0v) is 16.1. The summed E-state index contributed by atoms with van der Waals surface area (Å²) in [6.45, 7) is 1.29. The number of nitrogens with zero attached hydrogens (tertiary/aromatic N) is 1. The molecule has 2 amide bonds. The van der Waals surface area contributed by atoms with E-state index in [-0.39, 0.29) is 17.5 Å². The predicted molar refractivity (Wildman–Crippen MR) is 103 cm³/mol. The van der Waals surface area contributed by atoms with Crippen LogP contribution in [0.4, 0.5) is 10.5 Å². The van der Waals surface area contributed by atoms with Crippen molar-refractivity contribution in [2.24, 2.45) is 0 Å². The molecule has 0 atom stereocenters. The molecule has 0 radical (unpaired) electrons. The van der Waals surface area contributed by atoms with Crippen molar-refractivity contribution in [1.29, 1.82) is 0 Å². The lowest BCUT2D eigenvalue weighted by Gasteiger charge is -2.13. The number of amides is 2. The van der Waals surface area contributed by atoms with Crippen molar-refractivity contribution in [3.05, 3.63) is 58.6 Å². The Morgan fingerprint density at radius 1 is 1.12 bits per heavy atom. The van der Waals surface area contributed by atoms with E-state index in [2.05, 4.69) is 37.8 Å². The number of carbonyl (C=O) groups is 1. The maximum absolute atomic E-state index is 12.1. The average Bonchev–Trinajstić information content (AvgIpc) is 3.06. The Balaban J connectivity index is 1.59. The second-order valence-electron chi connectivity index (χ2n) is 5.51. The van der Waals surface area contributed by atoms with E-state index in [1.54, 1.807) is 29.2 Å². The van der Waals surface area contributed by atoms with Gasteiger partial charge in [-0.3, -0.25) is 4.90 Å². The molecule has 1 fully saturated rings. The van der Waals surface area contributed by atoms with Gasteiger partial charge in [0.2, 0.25) is 10.0 Å². The highest BCUT2D eigenvalue weighted by Crippen LogP contribution is 2.17. The first-order chi connectivity index (χ1) is 12.5. The summed E-state index contributed by atoms with van der Waals surface area (Å²) in [5.41, 5.74) is 1.55. The largest absolute Gasteiger partial charge is 0.336 e. The Bertz CT molecular complexity index is 961. The summed E-state index contributed by atoms with van der Waals surface area (Å²) < 4.78 is 27.5. The Labute approximate surface area is 160 Å². The summed E-state index contributed by atoms with van der Waals surface area (Å²) in [6.07, 6.45) is 0. The molecule has 6 nitrogen and oxygen atoms in total. The van der Waals surface area contributed by atoms with E-state index in [4.69, 9.17) is 0 Å². The monoisotopic (exact) mass is 433 g/mol. The highest BCUT2D eigenvalue weighted by molar-refractivity contribution is 9.10. The molecule has 8 heteroatoms. The lowest BCUT2D eigenvalue weighted by Crippen LogP contribution is -2.27. The van der Waals surface area contributed by atoms with Crippen LogP contribution in [0.5, 0.6) is 0 Å². The first-order valence-corrected chi connectivity index (χ1v) is 10.1. The smallest absolute Gasteiger partial charge is 0.321 e. The quantitative estimate of drug-likeness (QED) is 0.726. The Hall–Kier alpha value is -2.34. The molecule has 0 bridgehead atoms. The van der Waals surface area contributed by atoms with Gasteiger partial charge >= 0.3 is 6.03 Å². The van der Waals surface area contributed by atoms with Gasteiger partial charge < -0.3 is 5.32 Å². The lowest BCUT2D eigenvalue weighted by molar-refractivity contribution is 0.252. The zero-order valence-electron chi connectivity index (χ0n) is 13.7. The highest BCUT2D eigenvalue weighted by Gasteiger charge is 2.20. The standard InChI is InChI=1S/C18H16BrN3O3S/c19-15-5-9-17(10-6-15)26(24,25)21-11-1-2-14-3-7-16(8-4-14)22-13-12-20-18(22)23/h3-10,21H,11-13H2,(H,20,23). The third-order valence-electron chi connectivity index (χ3n) is 3.74. The molecule has 1 aliphatic rings. The normalized spacial score (nSPS) is 13.9. The van der Waals surface area contributed by atoms with Crippen molar-refractivity contribution < 1.29 is 13.2 Å². The molecular formula is C18H16BrN3O3S. The number of benzene rings is 2. The summed E-state index contributed by atoms with van der Waals surface area (Å²) in [5.74, 6) is 5.70. The summed E-state index contributed by atoms with van der Waals surface area (Å²) in [5, 5.41) is 2.75. The van der Waals surface area contributed by atoms with Gasteiger partial charge in [-0.15, -0.1) is 0 Å². The maximum Gasteiger partial charge on any atom is 0.321 e. The van der Waals surface area contributed by atoms with Crippen LogP contribution in [0.2, 0.25) is 0 Å². The van der Waals surface area contributed by atoms with Crippen LogP contribution in [0, 0.1) is 11.8 Å². The van der Waals surface area contributed by atoms with Gasteiger partial charge in [-0.1, -0.05) is 27.8 Å². The number of hydrogen-bond donors (Lipinski definition) is 2. The molecule has 0 spiro atoms. The topological polar surface area (TPSA) is 78.5 Å². The minimum atomic E-state index is -3.58. The van der Waals surface area contributed by atoms with Gasteiger partial charge in [0.25, 0.3) is 0 Å². The van der Waals surface area contributed by atoms with Crippen molar-refractivity contribution in [2.75, 3.05) is 24.5 Å². The van der Waals surface area contributed by atoms with Gasteiger partial charge in [-0.05, 0) is 48.5 Å². The van der Waals surface area contributed by atoms with Gasteiger partial charge in [0, 0.05) is 28.8 Å². The van der Waals surface area contributed by atoms with Crippen LogP contribution in [0.15, 0.2) is 57.9 Å². The number of carbonyl (C=O) groups excluding carboxylic acids is 1. The van der Waals surface area contributed by atoms with E-state index < -0.39 is 10.0 Å². The van der Waals surface area contributed by atoms with Crippen molar-refractivity contribution >= 4 is 37.7 Å². The lowest BCUT2D eigenvalue weighted by atomic mass is 10.2. The van der Waals surface area contributed by atoms with Crippen molar-refractivity contribution in [3.63, 3.8) is 0 Å². The first kappa shape index (κ1) is 18.5. The van der Waals surface area contributed by atoms with E-state index in [1.807, 2.05) is 12.1 Å². The van der Waals surface area contributed by atoms with Crippen LogP contribution in [-0.4, -0.2) is 34.1 Å². The van der Waals surface area contributed by atoms with Gasteiger partial charge in [-0.2, -0.15) is 4.72 Å².